The van der Waals surface area contributed by atoms with Crippen molar-refractivity contribution in [2.24, 2.45) is 0 Å². The fourth-order valence-electron chi connectivity index (χ4n) is 1.80. The molecule has 0 aliphatic rings. The molecule has 0 saturated heterocycles. The van der Waals surface area contributed by atoms with E-state index < -0.39 is 0 Å². The van der Waals surface area contributed by atoms with Crippen LogP contribution < -0.4 is 10.6 Å². The normalized spacial score (nSPS) is 12.1. The Balaban J connectivity index is 1.78. The third-order valence-corrected chi connectivity index (χ3v) is 3.15. The number of amides is 1. The van der Waals surface area contributed by atoms with E-state index in [1.807, 2.05) is 32.2 Å². The van der Waals surface area contributed by atoms with E-state index in [9.17, 15) is 4.79 Å². The highest BCUT2D eigenvalue weighted by Gasteiger charge is 2.12. The van der Waals surface area contributed by atoms with E-state index in [-0.39, 0.29) is 11.9 Å². The van der Waals surface area contributed by atoms with Gasteiger partial charge in [-0.25, -0.2) is 0 Å². The molecule has 0 bridgehead atoms. The first-order valence-corrected chi connectivity index (χ1v) is 6.60. The van der Waals surface area contributed by atoms with Gasteiger partial charge in [0.25, 0.3) is 0 Å². The molecule has 2 rings (SSSR count). The van der Waals surface area contributed by atoms with Gasteiger partial charge in [0, 0.05) is 18.9 Å². The fraction of sp³-hybridized carbons (Fsp3) is 0.333. The average Bonchev–Trinajstić information content (AvgIpc) is 2.97. The molecule has 2 N–H and O–H groups in total. The minimum absolute atomic E-state index is 0.0480. The lowest BCUT2D eigenvalue weighted by molar-refractivity contribution is -0.123. The highest BCUT2D eigenvalue weighted by Crippen LogP contribution is 2.04. The Kier molecular flexibility index (Phi) is 4.90. The van der Waals surface area contributed by atoms with Crippen LogP contribution in [0.15, 0.2) is 41.3 Å². The summed E-state index contributed by atoms with van der Waals surface area (Å²) in [4.78, 5) is 16.0. The maximum atomic E-state index is 11.9. The van der Waals surface area contributed by atoms with Crippen LogP contribution in [0.5, 0.6) is 0 Å². The van der Waals surface area contributed by atoms with Crippen molar-refractivity contribution in [1.82, 2.24) is 15.6 Å². The zero-order valence-electron chi connectivity index (χ0n) is 11.7. The molecule has 0 spiro atoms. The zero-order valence-corrected chi connectivity index (χ0v) is 11.7. The molecular formula is C15H19N3O2. The van der Waals surface area contributed by atoms with Crippen LogP contribution in [0.1, 0.15) is 23.8 Å². The molecule has 2 heterocycles. The lowest BCUT2D eigenvalue weighted by Crippen LogP contribution is -2.41. The summed E-state index contributed by atoms with van der Waals surface area (Å²) in [6.45, 7) is 4.90. The third kappa shape index (κ3) is 3.93. The van der Waals surface area contributed by atoms with Gasteiger partial charge in [0.15, 0.2) is 0 Å². The van der Waals surface area contributed by atoms with E-state index in [4.69, 9.17) is 4.42 Å². The van der Waals surface area contributed by atoms with Crippen LogP contribution in [0.3, 0.4) is 0 Å². The van der Waals surface area contributed by atoms with Crippen LogP contribution in [0.2, 0.25) is 0 Å². The summed E-state index contributed by atoms with van der Waals surface area (Å²) in [5.74, 6) is 0.698. The fourth-order valence-corrected chi connectivity index (χ4v) is 1.80. The molecule has 1 amide bonds. The summed E-state index contributed by atoms with van der Waals surface area (Å²) >= 11 is 0. The molecule has 0 fully saturated rings. The number of nitrogens with one attached hydrogen (secondary N) is 2. The van der Waals surface area contributed by atoms with Crippen LogP contribution in [0.4, 0.5) is 0 Å². The molecule has 0 aliphatic carbocycles. The number of nitrogens with zero attached hydrogens (tertiary/aromatic N) is 1. The molecule has 2 aromatic heterocycles. The summed E-state index contributed by atoms with van der Waals surface area (Å²) in [6, 6.07) is 5.32. The van der Waals surface area contributed by atoms with E-state index >= 15 is 0 Å². The van der Waals surface area contributed by atoms with Gasteiger partial charge in [-0.3, -0.25) is 9.78 Å². The molecule has 5 heteroatoms. The zero-order chi connectivity index (χ0) is 14.4. The van der Waals surface area contributed by atoms with Gasteiger partial charge >= 0.3 is 0 Å². The third-order valence-electron chi connectivity index (χ3n) is 3.15. The van der Waals surface area contributed by atoms with Gasteiger partial charge in [0.1, 0.15) is 5.76 Å². The first-order valence-electron chi connectivity index (χ1n) is 6.60. The summed E-state index contributed by atoms with van der Waals surface area (Å²) in [5.41, 5.74) is 2.26. The van der Waals surface area contributed by atoms with Crippen molar-refractivity contribution in [2.45, 2.75) is 33.0 Å². The number of aryl methyl sites for hydroxylation is 1. The maximum absolute atomic E-state index is 11.9. The van der Waals surface area contributed by atoms with Crippen molar-refractivity contribution < 1.29 is 9.21 Å². The summed E-state index contributed by atoms with van der Waals surface area (Å²) in [6.07, 6.45) is 5.17. The molecule has 1 unspecified atom stereocenters. The van der Waals surface area contributed by atoms with E-state index in [2.05, 4.69) is 15.6 Å². The Labute approximate surface area is 118 Å². The Morgan fingerprint density at radius 1 is 1.40 bits per heavy atom. The van der Waals surface area contributed by atoms with Gasteiger partial charge in [-0.15, -0.1) is 0 Å². The van der Waals surface area contributed by atoms with Crippen molar-refractivity contribution >= 4 is 5.91 Å². The maximum Gasteiger partial charge on any atom is 0.237 e. The Morgan fingerprint density at radius 3 is 2.95 bits per heavy atom. The molecule has 0 saturated carbocycles. The molecule has 106 valence electrons. The molecule has 0 aromatic carbocycles. The van der Waals surface area contributed by atoms with Crippen LogP contribution >= 0.6 is 0 Å². The van der Waals surface area contributed by atoms with Gasteiger partial charge in [-0.2, -0.15) is 0 Å². The van der Waals surface area contributed by atoms with E-state index in [0.29, 0.717) is 13.1 Å². The van der Waals surface area contributed by atoms with Crippen LogP contribution in [-0.2, 0) is 17.9 Å². The predicted octanol–water partition coefficient (Wildman–Crippen LogP) is 1.78. The quantitative estimate of drug-likeness (QED) is 0.842. The Hall–Kier alpha value is -2.14. The van der Waals surface area contributed by atoms with E-state index in [1.54, 1.807) is 18.5 Å². The molecule has 2 aromatic rings. The highest BCUT2D eigenvalue weighted by molar-refractivity contribution is 5.81. The van der Waals surface area contributed by atoms with Crippen LogP contribution in [-0.4, -0.2) is 16.9 Å². The minimum Gasteiger partial charge on any atom is -0.467 e. The number of pyridine rings is 1. The number of carbonyl (C=O) groups is 1. The molecule has 0 radical (unpaired) electrons. The first kappa shape index (κ1) is 14.3. The second-order valence-electron chi connectivity index (χ2n) is 4.70. The molecule has 20 heavy (non-hydrogen) atoms. The van der Waals surface area contributed by atoms with Gasteiger partial charge < -0.3 is 15.1 Å². The van der Waals surface area contributed by atoms with Crippen LogP contribution in [0, 0.1) is 6.92 Å². The van der Waals surface area contributed by atoms with Crippen molar-refractivity contribution in [1.29, 1.82) is 0 Å². The first-order chi connectivity index (χ1) is 9.66. The summed E-state index contributed by atoms with van der Waals surface area (Å²) in [7, 11) is 0. The van der Waals surface area contributed by atoms with Gasteiger partial charge in [-0.05, 0) is 43.2 Å². The topological polar surface area (TPSA) is 67.2 Å². The second-order valence-corrected chi connectivity index (χ2v) is 4.70. The van der Waals surface area contributed by atoms with Gasteiger partial charge in [0.2, 0.25) is 5.91 Å². The smallest absolute Gasteiger partial charge is 0.237 e. The number of rotatable bonds is 6. The Bertz CT molecular complexity index is 552. The molecule has 0 aliphatic heterocycles. The van der Waals surface area contributed by atoms with Crippen LogP contribution in [0.25, 0.3) is 0 Å². The van der Waals surface area contributed by atoms with Gasteiger partial charge in [-0.1, -0.05) is 0 Å². The SMILES string of the molecule is Cc1cnccc1CNC(C)C(=O)NCc1ccco1. The standard InChI is InChI=1S/C15H19N3O2/c1-11-8-16-6-5-13(11)9-17-12(2)15(19)18-10-14-4-3-7-20-14/h3-8,12,17H,9-10H2,1-2H3,(H,18,19). The van der Waals surface area contributed by atoms with Crippen molar-refractivity contribution in [2.75, 3.05) is 0 Å². The summed E-state index contributed by atoms with van der Waals surface area (Å²) < 4.78 is 5.17. The summed E-state index contributed by atoms with van der Waals surface area (Å²) in [5, 5.41) is 6.03. The largest absolute Gasteiger partial charge is 0.467 e. The van der Waals surface area contributed by atoms with Crippen molar-refractivity contribution in [3.8, 4) is 0 Å². The highest BCUT2D eigenvalue weighted by atomic mass is 16.3. The van der Waals surface area contributed by atoms with E-state index in [0.717, 1.165) is 16.9 Å². The van der Waals surface area contributed by atoms with Crippen molar-refractivity contribution in [3.05, 3.63) is 53.7 Å². The molecule has 1 atom stereocenters. The van der Waals surface area contributed by atoms with E-state index in [1.165, 1.54) is 0 Å². The Morgan fingerprint density at radius 2 is 2.25 bits per heavy atom. The number of furan rings is 1. The predicted molar refractivity (Wildman–Crippen MR) is 75.8 cm³/mol. The number of aromatic nitrogens is 1. The molecular weight excluding hydrogens is 254 g/mol. The average molecular weight is 273 g/mol. The minimum atomic E-state index is -0.266. The monoisotopic (exact) mass is 273 g/mol. The lowest BCUT2D eigenvalue weighted by atomic mass is 10.1. The molecule has 5 nitrogen and oxygen atoms in total. The van der Waals surface area contributed by atoms with Crippen molar-refractivity contribution in [3.63, 3.8) is 0 Å². The second kappa shape index (κ2) is 6.86. The van der Waals surface area contributed by atoms with Gasteiger partial charge in [0.05, 0.1) is 18.8 Å². The number of hydrogen-bond acceptors (Lipinski definition) is 4. The lowest BCUT2D eigenvalue weighted by Gasteiger charge is -2.14. The number of hydrogen-bond donors (Lipinski definition) is 2. The number of carbonyl (C=O) groups excluding carboxylic acids is 1.